The van der Waals surface area contributed by atoms with Gasteiger partial charge < -0.3 is 15.7 Å². The zero-order valence-electron chi connectivity index (χ0n) is 10.9. The molecule has 8 heteroatoms. The predicted molar refractivity (Wildman–Crippen MR) is 62.8 cm³/mol. The van der Waals surface area contributed by atoms with Crippen LogP contribution in [-0.2, 0) is 4.79 Å². The average Bonchev–Trinajstić information content (AvgIpc) is 2.23. The molecular weight excluding hydrogens is 265 g/mol. The first-order chi connectivity index (χ1) is 8.60. The molecule has 0 saturated heterocycles. The third-order valence-electron chi connectivity index (χ3n) is 2.53. The standard InChI is InChI=1S/C11H19F3N2O3/c1-3-5-10(2,8(17)18)16-9(19)15-7-4-6-11(12,13)14/h3-7H2,1-2H3,(H,17,18)(H2,15,16,19). The zero-order chi connectivity index (χ0) is 15.1. The number of urea groups is 1. The lowest BCUT2D eigenvalue weighted by atomic mass is 9.97. The molecule has 0 spiro atoms. The molecule has 2 amide bonds. The summed E-state index contributed by atoms with van der Waals surface area (Å²) in [6.07, 6.45) is -4.70. The molecule has 0 aromatic heterocycles. The van der Waals surface area contributed by atoms with E-state index in [9.17, 15) is 22.8 Å². The van der Waals surface area contributed by atoms with Crippen LogP contribution in [0.5, 0.6) is 0 Å². The molecule has 0 aromatic carbocycles. The number of halogens is 3. The molecular formula is C11H19F3N2O3. The van der Waals surface area contributed by atoms with E-state index in [1.165, 1.54) is 6.92 Å². The van der Waals surface area contributed by atoms with Crippen LogP contribution in [0.3, 0.4) is 0 Å². The second-order valence-electron chi connectivity index (χ2n) is 4.49. The summed E-state index contributed by atoms with van der Waals surface area (Å²) in [6.45, 7) is 2.96. The van der Waals surface area contributed by atoms with E-state index in [0.29, 0.717) is 6.42 Å². The van der Waals surface area contributed by atoms with Gasteiger partial charge in [-0.25, -0.2) is 9.59 Å². The number of nitrogens with one attached hydrogen (secondary N) is 2. The van der Waals surface area contributed by atoms with Crippen molar-refractivity contribution in [3.8, 4) is 0 Å². The van der Waals surface area contributed by atoms with E-state index in [-0.39, 0.29) is 19.4 Å². The summed E-state index contributed by atoms with van der Waals surface area (Å²) in [4.78, 5) is 22.4. The van der Waals surface area contributed by atoms with E-state index >= 15 is 0 Å². The summed E-state index contributed by atoms with van der Waals surface area (Å²) in [7, 11) is 0. The maximum absolute atomic E-state index is 11.9. The van der Waals surface area contributed by atoms with Gasteiger partial charge in [-0.3, -0.25) is 0 Å². The summed E-state index contributed by atoms with van der Waals surface area (Å²) in [5.41, 5.74) is -1.41. The summed E-state index contributed by atoms with van der Waals surface area (Å²) in [6, 6.07) is -0.777. The predicted octanol–water partition coefficient (Wildman–Crippen LogP) is 2.27. The topological polar surface area (TPSA) is 78.4 Å². The van der Waals surface area contributed by atoms with E-state index in [1.54, 1.807) is 6.92 Å². The van der Waals surface area contributed by atoms with E-state index in [2.05, 4.69) is 10.6 Å². The monoisotopic (exact) mass is 284 g/mol. The fraction of sp³-hybridized carbons (Fsp3) is 0.818. The number of carboxylic acids is 1. The van der Waals surface area contributed by atoms with Crippen LogP contribution in [0.1, 0.15) is 39.5 Å². The van der Waals surface area contributed by atoms with Crippen LogP contribution in [0.15, 0.2) is 0 Å². The van der Waals surface area contributed by atoms with Gasteiger partial charge >= 0.3 is 18.2 Å². The third kappa shape index (κ3) is 7.53. The Labute approximate surface area is 109 Å². The van der Waals surface area contributed by atoms with Crippen molar-refractivity contribution in [1.29, 1.82) is 0 Å². The van der Waals surface area contributed by atoms with Gasteiger partial charge in [0.1, 0.15) is 5.54 Å². The van der Waals surface area contributed by atoms with Crippen molar-refractivity contribution in [2.24, 2.45) is 0 Å². The Balaban J connectivity index is 4.12. The molecule has 0 saturated carbocycles. The Morgan fingerprint density at radius 1 is 1.21 bits per heavy atom. The maximum atomic E-state index is 11.9. The van der Waals surface area contributed by atoms with Crippen LogP contribution in [0, 0.1) is 0 Å². The fourth-order valence-corrected chi connectivity index (χ4v) is 1.51. The van der Waals surface area contributed by atoms with Gasteiger partial charge in [0, 0.05) is 13.0 Å². The number of alkyl halides is 3. The maximum Gasteiger partial charge on any atom is 0.389 e. The normalized spacial score (nSPS) is 14.6. The van der Waals surface area contributed by atoms with E-state index in [1.807, 2.05) is 0 Å². The van der Waals surface area contributed by atoms with E-state index in [4.69, 9.17) is 5.11 Å². The van der Waals surface area contributed by atoms with Crippen LogP contribution in [0.2, 0.25) is 0 Å². The molecule has 0 aliphatic rings. The molecule has 5 nitrogen and oxygen atoms in total. The van der Waals surface area contributed by atoms with Crippen molar-refractivity contribution in [2.75, 3.05) is 6.54 Å². The molecule has 0 radical (unpaired) electrons. The number of hydrogen-bond acceptors (Lipinski definition) is 2. The van der Waals surface area contributed by atoms with Crippen molar-refractivity contribution in [3.05, 3.63) is 0 Å². The number of rotatable bonds is 7. The molecule has 0 rings (SSSR count). The van der Waals surface area contributed by atoms with Gasteiger partial charge in [-0.1, -0.05) is 13.3 Å². The van der Waals surface area contributed by atoms with E-state index in [0.717, 1.165) is 0 Å². The Morgan fingerprint density at radius 2 is 1.79 bits per heavy atom. The number of hydrogen-bond donors (Lipinski definition) is 3. The molecule has 0 aliphatic carbocycles. The zero-order valence-corrected chi connectivity index (χ0v) is 10.9. The first-order valence-electron chi connectivity index (χ1n) is 5.97. The highest BCUT2D eigenvalue weighted by Gasteiger charge is 2.33. The SMILES string of the molecule is CCCC(C)(NC(=O)NCCCC(F)(F)F)C(=O)O. The third-order valence-corrected chi connectivity index (χ3v) is 2.53. The van der Waals surface area contributed by atoms with Crippen molar-refractivity contribution in [3.63, 3.8) is 0 Å². The molecule has 1 atom stereocenters. The number of aliphatic carboxylic acids is 1. The molecule has 1 unspecified atom stereocenters. The highest BCUT2D eigenvalue weighted by Crippen LogP contribution is 2.20. The smallest absolute Gasteiger partial charge is 0.389 e. The van der Waals surface area contributed by atoms with Crippen LogP contribution in [-0.4, -0.2) is 35.4 Å². The summed E-state index contributed by atoms with van der Waals surface area (Å²) in [5, 5.41) is 13.5. The molecule has 0 bridgehead atoms. The lowest BCUT2D eigenvalue weighted by Gasteiger charge is -2.25. The first kappa shape index (κ1) is 17.5. The number of carbonyl (C=O) groups excluding carboxylic acids is 1. The Bertz CT molecular complexity index is 321. The lowest BCUT2D eigenvalue weighted by molar-refractivity contribution is -0.144. The van der Waals surface area contributed by atoms with Gasteiger partial charge in [-0.2, -0.15) is 13.2 Å². The minimum atomic E-state index is -4.25. The molecule has 0 aromatic rings. The summed E-state index contributed by atoms with van der Waals surface area (Å²) < 4.78 is 35.6. The van der Waals surface area contributed by atoms with Crippen LogP contribution < -0.4 is 10.6 Å². The summed E-state index contributed by atoms with van der Waals surface area (Å²) in [5.74, 6) is -1.18. The Morgan fingerprint density at radius 3 is 2.21 bits per heavy atom. The second-order valence-corrected chi connectivity index (χ2v) is 4.49. The quantitative estimate of drug-likeness (QED) is 0.627. The highest BCUT2D eigenvalue weighted by molar-refractivity contribution is 5.85. The molecule has 112 valence electrons. The molecule has 0 heterocycles. The second kappa shape index (κ2) is 7.20. The van der Waals surface area contributed by atoms with Gasteiger partial charge in [0.25, 0.3) is 0 Å². The molecule has 0 aliphatic heterocycles. The van der Waals surface area contributed by atoms with Gasteiger partial charge in [0.15, 0.2) is 0 Å². The van der Waals surface area contributed by atoms with Gasteiger partial charge in [0.05, 0.1) is 0 Å². The van der Waals surface area contributed by atoms with Crippen molar-refractivity contribution < 1.29 is 27.9 Å². The largest absolute Gasteiger partial charge is 0.480 e. The molecule has 0 fully saturated rings. The number of amides is 2. The average molecular weight is 284 g/mol. The van der Waals surface area contributed by atoms with Gasteiger partial charge in [0.2, 0.25) is 0 Å². The Kier molecular flexibility index (Phi) is 6.64. The van der Waals surface area contributed by atoms with Gasteiger partial charge in [-0.05, 0) is 19.8 Å². The van der Waals surface area contributed by atoms with Gasteiger partial charge in [-0.15, -0.1) is 0 Å². The van der Waals surface area contributed by atoms with Crippen molar-refractivity contribution in [2.45, 2.75) is 51.2 Å². The first-order valence-corrected chi connectivity index (χ1v) is 5.97. The number of carbonyl (C=O) groups is 2. The van der Waals surface area contributed by atoms with Crippen LogP contribution in [0.25, 0.3) is 0 Å². The van der Waals surface area contributed by atoms with Crippen LogP contribution >= 0.6 is 0 Å². The number of carboxylic acid groups (broad SMARTS) is 1. The highest BCUT2D eigenvalue weighted by atomic mass is 19.4. The molecule has 19 heavy (non-hydrogen) atoms. The molecule has 3 N–H and O–H groups in total. The van der Waals surface area contributed by atoms with E-state index < -0.39 is 30.1 Å². The lowest BCUT2D eigenvalue weighted by Crippen LogP contribution is -2.55. The van der Waals surface area contributed by atoms with Crippen molar-refractivity contribution >= 4 is 12.0 Å². The minimum Gasteiger partial charge on any atom is -0.480 e. The fourth-order valence-electron chi connectivity index (χ4n) is 1.51. The Hall–Kier alpha value is -1.47. The minimum absolute atomic E-state index is 0.160. The summed E-state index contributed by atoms with van der Waals surface area (Å²) >= 11 is 0. The van der Waals surface area contributed by atoms with Crippen LogP contribution in [0.4, 0.5) is 18.0 Å². The van der Waals surface area contributed by atoms with Crippen molar-refractivity contribution in [1.82, 2.24) is 10.6 Å².